The van der Waals surface area contributed by atoms with Crippen molar-refractivity contribution in [3.63, 3.8) is 0 Å². The molecular weight excluding hydrogens is 204 g/mol. The van der Waals surface area contributed by atoms with Crippen molar-refractivity contribution in [1.82, 2.24) is 0 Å². The molecule has 0 bridgehead atoms. The first-order valence-electron chi connectivity index (χ1n) is 7.65. The Morgan fingerprint density at radius 1 is 0.941 bits per heavy atom. The van der Waals surface area contributed by atoms with E-state index in [0.29, 0.717) is 5.92 Å². The van der Waals surface area contributed by atoms with Gasteiger partial charge < -0.3 is 0 Å². The summed E-state index contributed by atoms with van der Waals surface area (Å²) in [5.74, 6) is 0.633. The molecule has 0 fully saturated rings. The van der Waals surface area contributed by atoms with Gasteiger partial charge in [0.2, 0.25) is 0 Å². The van der Waals surface area contributed by atoms with E-state index in [4.69, 9.17) is 0 Å². The van der Waals surface area contributed by atoms with Crippen molar-refractivity contribution in [2.75, 3.05) is 0 Å². The minimum Gasteiger partial charge on any atom is -0.0735 e. The van der Waals surface area contributed by atoms with Crippen LogP contribution in [0.15, 0.2) is 17.2 Å². The van der Waals surface area contributed by atoms with E-state index < -0.39 is 0 Å². The molecule has 97 valence electrons. The van der Waals surface area contributed by atoms with E-state index in [1.165, 1.54) is 57.8 Å². The summed E-state index contributed by atoms with van der Waals surface area (Å²) in [7, 11) is 0. The van der Waals surface area contributed by atoms with Crippen molar-refractivity contribution in [2.24, 2.45) is 5.92 Å². The van der Waals surface area contributed by atoms with Gasteiger partial charge in [0.25, 0.3) is 0 Å². The van der Waals surface area contributed by atoms with Crippen molar-refractivity contribution >= 4 is 0 Å². The smallest absolute Gasteiger partial charge is 0.00297 e. The number of rotatable bonds is 9. The molecule has 17 heavy (non-hydrogen) atoms. The normalized spacial score (nSPS) is 16.2. The van der Waals surface area contributed by atoms with Crippen molar-refractivity contribution in [2.45, 2.75) is 78.6 Å². The van der Waals surface area contributed by atoms with Crippen LogP contribution in [0, 0.1) is 12.0 Å². The summed E-state index contributed by atoms with van der Waals surface area (Å²) in [5.41, 5.74) is 3.18. The molecule has 0 aromatic carbocycles. The lowest BCUT2D eigenvalue weighted by Gasteiger charge is -2.06. The molecule has 0 aromatic rings. The van der Waals surface area contributed by atoms with Gasteiger partial charge in [-0.2, -0.15) is 0 Å². The Morgan fingerprint density at radius 3 is 2.24 bits per heavy atom. The summed E-state index contributed by atoms with van der Waals surface area (Å²) < 4.78 is 0. The van der Waals surface area contributed by atoms with E-state index in [1.807, 2.05) is 0 Å². The quantitative estimate of drug-likeness (QED) is 0.469. The first-order chi connectivity index (χ1) is 8.31. The lowest BCUT2D eigenvalue weighted by molar-refractivity contribution is 0.633. The zero-order valence-corrected chi connectivity index (χ0v) is 12.0. The van der Waals surface area contributed by atoms with E-state index in [0.717, 1.165) is 0 Å². The van der Waals surface area contributed by atoms with Crippen LogP contribution in [0.4, 0.5) is 0 Å². The molecule has 0 aliphatic heterocycles. The van der Waals surface area contributed by atoms with Crippen LogP contribution in [0.1, 0.15) is 78.6 Å². The molecule has 1 unspecified atom stereocenters. The highest BCUT2D eigenvalue weighted by molar-refractivity contribution is 5.36. The summed E-state index contributed by atoms with van der Waals surface area (Å²) in [6.45, 7) is 6.83. The van der Waals surface area contributed by atoms with Gasteiger partial charge in [0.1, 0.15) is 0 Å². The molecular formula is C17H29. The zero-order chi connectivity index (χ0) is 12.5. The molecule has 1 atom stereocenters. The molecule has 0 N–H and O–H groups in total. The van der Waals surface area contributed by atoms with Crippen LogP contribution >= 0.6 is 0 Å². The van der Waals surface area contributed by atoms with Crippen LogP contribution < -0.4 is 0 Å². The SMILES string of the molecule is CCCCC1=[C]C(CCCC)C=C1CCCC. The van der Waals surface area contributed by atoms with Gasteiger partial charge in [-0.25, -0.2) is 0 Å². The third-order valence-corrected chi connectivity index (χ3v) is 3.60. The minimum atomic E-state index is 0.633. The third kappa shape index (κ3) is 5.10. The summed E-state index contributed by atoms with van der Waals surface area (Å²) in [5, 5.41) is 0. The molecule has 0 saturated carbocycles. The molecule has 1 aliphatic rings. The first kappa shape index (κ1) is 14.5. The van der Waals surface area contributed by atoms with Crippen molar-refractivity contribution in [3.8, 4) is 0 Å². The second-order valence-electron chi connectivity index (χ2n) is 5.27. The van der Waals surface area contributed by atoms with E-state index in [-0.39, 0.29) is 0 Å². The van der Waals surface area contributed by atoms with Gasteiger partial charge in [0, 0.05) is 5.92 Å². The number of allylic oxidation sites excluding steroid dienone is 4. The zero-order valence-electron chi connectivity index (χ0n) is 12.0. The first-order valence-corrected chi connectivity index (χ1v) is 7.65. The van der Waals surface area contributed by atoms with E-state index in [2.05, 4.69) is 32.9 Å². The topological polar surface area (TPSA) is 0 Å². The lowest BCUT2D eigenvalue weighted by atomic mass is 9.99. The van der Waals surface area contributed by atoms with Crippen LogP contribution in [0.5, 0.6) is 0 Å². The van der Waals surface area contributed by atoms with Crippen molar-refractivity contribution in [3.05, 3.63) is 23.3 Å². The molecule has 0 aromatic heterocycles. The van der Waals surface area contributed by atoms with Gasteiger partial charge in [0.15, 0.2) is 0 Å². The molecule has 1 rings (SSSR count). The molecule has 0 heterocycles. The standard InChI is InChI=1S/C17H29/c1-4-7-10-15-13-16(11-8-5-2)17(14-15)12-9-6-3/h13,15H,4-12H2,1-3H3. The number of hydrogen-bond acceptors (Lipinski definition) is 0. The number of hydrogen-bond donors (Lipinski definition) is 0. The van der Waals surface area contributed by atoms with Gasteiger partial charge in [-0.3, -0.25) is 0 Å². The lowest BCUT2D eigenvalue weighted by Crippen LogP contribution is -1.89. The minimum absolute atomic E-state index is 0.633. The van der Waals surface area contributed by atoms with Crippen LogP contribution in [-0.2, 0) is 0 Å². The van der Waals surface area contributed by atoms with Gasteiger partial charge in [0.05, 0.1) is 0 Å². The van der Waals surface area contributed by atoms with E-state index in [9.17, 15) is 0 Å². The molecule has 1 aliphatic carbocycles. The Balaban J connectivity index is 2.52. The molecule has 1 radical (unpaired) electrons. The Kier molecular flexibility index (Phi) is 7.32. The van der Waals surface area contributed by atoms with Crippen molar-refractivity contribution < 1.29 is 0 Å². The molecule has 0 spiro atoms. The average Bonchev–Trinajstić information content (AvgIpc) is 2.73. The highest BCUT2D eigenvalue weighted by atomic mass is 14.2. The van der Waals surface area contributed by atoms with Gasteiger partial charge >= 0.3 is 0 Å². The van der Waals surface area contributed by atoms with E-state index >= 15 is 0 Å². The second-order valence-corrected chi connectivity index (χ2v) is 5.27. The van der Waals surface area contributed by atoms with Crippen LogP contribution in [0.3, 0.4) is 0 Å². The highest BCUT2D eigenvalue weighted by Crippen LogP contribution is 2.32. The predicted octanol–water partition coefficient (Wildman–Crippen LogP) is 5.84. The van der Waals surface area contributed by atoms with Crippen LogP contribution in [0.2, 0.25) is 0 Å². The average molecular weight is 233 g/mol. The monoisotopic (exact) mass is 233 g/mol. The summed E-state index contributed by atoms with van der Waals surface area (Å²) in [6, 6.07) is 0. The largest absolute Gasteiger partial charge is 0.0735 e. The maximum atomic E-state index is 3.74. The molecule has 0 amide bonds. The Morgan fingerprint density at radius 2 is 1.59 bits per heavy atom. The van der Waals surface area contributed by atoms with Crippen LogP contribution in [-0.4, -0.2) is 0 Å². The maximum absolute atomic E-state index is 3.74. The van der Waals surface area contributed by atoms with Crippen LogP contribution in [0.25, 0.3) is 0 Å². The summed E-state index contributed by atoms with van der Waals surface area (Å²) in [6.07, 6.45) is 18.0. The third-order valence-electron chi connectivity index (χ3n) is 3.60. The van der Waals surface area contributed by atoms with Gasteiger partial charge in [-0.05, 0) is 49.3 Å². The molecule has 0 nitrogen and oxygen atoms in total. The van der Waals surface area contributed by atoms with Gasteiger partial charge in [-0.15, -0.1) is 0 Å². The second kappa shape index (κ2) is 8.55. The molecule has 0 saturated heterocycles. The van der Waals surface area contributed by atoms with E-state index in [1.54, 1.807) is 11.1 Å². The summed E-state index contributed by atoms with van der Waals surface area (Å²) >= 11 is 0. The number of unbranched alkanes of at least 4 members (excludes halogenated alkanes) is 3. The summed E-state index contributed by atoms with van der Waals surface area (Å²) in [4.78, 5) is 0. The fourth-order valence-electron chi connectivity index (χ4n) is 2.47. The Hall–Kier alpha value is -0.520. The fourth-order valence-corrected chi connectivity index (χ4v) is 2.47. The van der Waals surface area contributed by atoms with Crippen molar-refractivity contribution in [1.29, 1.82) is 0 Å². The molecule has 0 heteroatoms. The Bertz CT molecular complexity index is 233. The Labute approximate surface area is 108 Å². The highest BCUT2D eigenvalue weighted by Gasteiger charge is 2.16. The predicted molar refractivity (Wildman–Crippen MR) is 76.9 cm³/mol. The van der Waals surface area contributed by atoms with Gasteiger partial charge in [-0.1, -0.05) is 52.5 Å². The fraction of sp³-hybridized carbons (Fsp3) is 0.765. The maximum Gasteiger partial charge on any atom is 0.00297 e.